The summed E-state index contributed by atoms with van der Waals surface area (Å²) >= 11 is 4.93. The highest BCUT2D eigenvalue weighted by Gasteiger charge is 2.53. The van der Waals surface area contributed by atoms with Gasteiger partial charge in [0.2, 0.25) is 0 Å². The van der Waals surface area contributed by atoms with Crippen molar-refractivity contribution in [3.63, 3.8) is 0 Å². The van der Waals surface area contributed by atoms with Crippen LogP contribution in [0.3, 0.4) is 0 Å². The summed E-state index contributed by atoms with van der Waals surface area (Å²) in [6, 6.07) is 0.0117. The number of benzene rings is 1. The molecule has 32 heavy (non-hydrogen) atoms. The average Bonchev–Trinajstić information content (AvgIpc) is 3.43. The number of carbonyl (C=O) groups excluding carboxylic acids is 1. The molecule has 6 rings (SSSR count). The molecule has 10 heteroatoms. The molecule has 0 radical (unpaired) electrons. The van der Waals surface area contributed by atoms with E-state index in [1.54, 1.807) is 4.90 Å². The van der Waals surface area contributed by atoms with Crippen molar-refractivity contribution in [2.45, 2.75) is 63.6 Å². The number of carbonyl (C=O) groups is 1. The van der Waals surface area contributed by atoms with Crippen LogP contribution in [0.4, 0.5) is 15.0 Å². The third-order valence-corrected chi connectivity index (χ3v) is 7.77. The van der Waals surface area contributed by atoms with E-state index >= 15 is 4.39 Å². The van der Waals surface area contributed by atoms with Gasteiger partial charge in [0.1, 0.15) is 23.0 Å². The van der Waals surface area contributed by atoms with E-state index in [0.29, 0.717) is 40.5 Å². The van der Waals surface area contributed by atoms with Gasteiger partial charge in [-0.15, -0.1) is 0 Å². The van der Waals surface area contributed by atoms with Crippen molar-refractivity contribution in [1.82, 2.24) is 14.9 Å². The van der Waals surface area contributed by atoms with Crippen LogP contribution in [0, 0.1) is 5.82 Å². The highest BCUT2D eigenvalue weighted by molar-refractivity contribution is 9.10. The summed E-state index contributed by atoms with van der Waals surface area (Å²) in [5.41, 5.74) is 3.27. The van der Waals surface area contributed by atoms with Gasteiger partial charge in [-0.05, 0) is 42.5 Å². The van der Waals surface area contributed by atoms with Crippen molar-refractivity contribution < 1.29 is 18.7 Å². The zero-order valence-electron chi connectivity index (χ0n) is 18.2. The number of hydrogen-bond acceptors (Lipinski definition) is 7. The fourth-order valence-electron chi connectivity index (χ4n) is 5.14. The topological polar surface area (TPSA) is 67.8 Å². The molecule has 0 aliphatic carbocycles. The molecule has 2 bridgehead atoms. The molecule has 2 aromatic rings. The van der Waals surface area contributed by atoms with Crippen LogP contribution >= 0.6 is 27.7 Å². The number of halogens is 2. The van der Waals surface area contributed by atoms with Crippen LogP contribution in [-0.2, 0) is 16.1 Å². The van der Waals surface area contributed by atoms with E-state index in [1.165, 1.54) is 11.8 Å². The Hall–Kier alpha value is -1.91. The summed E-state index contributed by atoms with van der Waals surface area (Å²) in [5.74, 6) is 1.13. The second kappa shape index (κ2) is 6.80. The van der Waals surface area contributed by atoms with Gasteiger partial charge < -0.3 is 14.4 Å². The molecule has 1 fully saturated rings. The Morgan fingerprint density at radius 3 is 2.88 bits per heavy atom. The number of nitrogens with zero attached hydrogens (tertiary/aromatic N) is 4. The van der Waals surface area contributed by atoms with Gasteiger partial charge in [-0.2, -0.15) is 0 Å². The molecular formula is C22H22BrFN4O3S. The van der Waals surface area contributed by atoms with E-state index in [0.717, 1.165) is 33.7 Å². The Bertz CT molecular complexity index is 1240. The van der Waals surface area contributed by atoms with Gasteiger partial charge in [-0.3, -0.25) is 4.90 Å². The summed E-state index contributed by atoms with van der Waals surface area (Å²) in [4.78, 5) is 26.2. The van der Waals surface area contributed by atoms with Crippen LogP contribution in [0.2, 0.25) is 0 Å². The van der Waals surface area contributed by atoms with Crippen LogP contribution in [-0.4, -0.2) is 44.9 Å². The number of likely N-dealkylation sites (tertiary alicyclic amines) is 1. The SMILES string of the molecule is CCSc1nc2c3c4c(c(Br)c(F)c3n1)COC4C1=C3CC(CN3C(=O)OC(C)(C)C)N12. The highest BCUT2D eigenvalue weighted by Crippen LogP contribution is 2.57. The number of thioether (sulfide) groups is 1. The first kappa shape index (κ1) is 20.7. The Labute approximate surface area is 197 Å². The largest absolute Gasteiger partial charge is 0.443 e. The minimum atomic E-state index is -0.576. The van der Waals surface area contributed by atoms with E-state index in [4.69, 9.17) is 14.5 Å². The normalized spacial score (nSPS) is 22.9. The molecule has 2 atom stereocenters. The molecule has 1 saturated heterocycles. The Morgan fingerprint density at radius 1 is 1.38 bits per heavy atom. The number of aromatic nitrogens is 2. The third kappa shape index (κ3) is 2.72. The van der Waals surface area contributed by atoms with Crippen molar-refractivity contribution in [1.29, 1.82) is 0 Å². The lowest BCUT2D eigenvalue weighted by atomic mass is 9.93. The molecule has 7 nitrogen and oxygen atoms in total. The number of amides is 1. The molecule has 4 aliphatic heterocycles. The number of anilines is 1. The molecule has 0 N–H and O–H groups in total. The van der Waals surface area contributed by atoms with Gasteiger partial charge in [0.15, 0.2) is 11.0 Å². The van der Waals surface area contributed by atoms with Crippen molar-refractivity contribution in [2.75, 3.05) is 17.2 Å². The van der Waals surface area contributed by atoms with Crippen LogP contribution in [0.5, 0.6) is 0 Å². The zero-order chi connectivity index (χ0) is 22.5. The van der Waals surface area contributed by atoms with E-state index in [9.17, 15) is 4.79 Å². The van der Waals surface area contributed by atoms with Crippen molar-refractivity contribution in [2.24, 2.45) is 0 Å². The lowest BCUT2D eigenvalue weighted by Crippen LogP contribution is -2.46. The monoisotopic (exact) mass is 520 g/mol. The number of fused-ring (bicyclic) bond motifs is 6. The lowest BCUT2D eigenvalue weighted by Gasteiger charge is -2.40. The van der Waals surface area contributed by atoms with Gasteiger partial charge in [-0.1, -0.05) is 18.7 Å². The van der Waals surface area contributed by atoms with Gasteiger partial charge in [0.05, 0.1) is 34.7 Å². The molecule has 1 aromatic carbocycles. The third-order valence-electron chi connectivity index (χ3n) is 6.22. The predicted molar refractivity (Wildman–Crippen MR) is 122 cm³/mol. The molecule has 4 aliphatic rings. The number of hydrogen-bond donors (Lipinski definition) is 0. The van der Waals surface area contributed by atoms with Crippen molar-refractivity contribution in [3.05, 3.63) is 32.8 Å². The fourth-order valence-corrected chi connectivity index (χ4v) is 6.22. The Kier molecular flexibility index (Phi) is 4.40. The summed E-state index contributed by atoms with van der Waals surface area (Å²) in [6.07, 6.45) is -0.0275. The summed E-state index contributed by atoms with van der Waals surface area (Å²) in [6.45, 7) is 8.41. The maximum Gasteiger partial charge on any atom is 0.414 e. The molecule has 0 saturated carbocycles. The molecule has 2 unspecified atom stereocenters. The fraction of sp³-hybridized carbons (Fsp3) is 0.500. The summed E-state index contributed by atoms with van der Waals surface area (Å²) in [5, 5.41) is 1.28. The smallest absolute Gasteiger partial charge is 0.414 e. The second-order valence-corrected chi connectivity index (χ2v) is 11.4. The minimum Gasteiger partial charge on any atom is -0.443 e. The first-order valence-corrected chi connectivity index (χ1v) is 12.5. The molecule has 168 valence electrons. The van der Waals surface area contributed by atoms with Crippen LogP contribution in [0.25, 0.3) is 10.9 Å². The summed E-state index contributed by atoms with van der Waals surface area (Å²) < 4.78 is 27.6. The van der Waals surface area contributed by atoms with Crippen LogP contribution in [0.15, 0.2) is 21.0 Å². The highest BCUT2D eigenvalue weighted by atomic mass is 79.9. The Morgan fingerprint density at radius 2 is 2.16 bits per heavy atom. The predicted octanol–water partition coefficient (Wildman–Crippen LogP) is 5.27. The molecule has 1 amide bonds. The van der Waals surface area contributed by atoms with E-state index in [-0.39, 0.29) is 24.1 Å². The van der Waals surface area contributed by atoms with Crippen LogP contribution < -0.4 is 4.90 Å². The molecule has 0 spiro atoms. The molecule has 1 aromatic heterocycles. The van der Waals surface area contributed by atoms with E-state index in [1.807, 2.05) is 27.7 Å². The van der Waals surface area contributed by atoms with Crippen molar-refractivity contribution >= 4 is 50.5 Å². The molecule has 5 heterocycles. The zero-order valence-corrected chi connectivity index (χ0v) is 20.6. The standard InChI is InChI=1S/C22H22BrFN4O3S/c1-5-32-20-25-16-13-12-10(14(23)15(16)24)8-30-18(12)17-11-6-9(28(17)19(13)26-20)7-27(11)21(29)31-22(2,3)4/h9,18H,5-8H2,1-4H3. The Balaban J connectivity index is 1.57. The first-order chi connectivity index (χ1) is 15.2. The van der Waals surface area contributed by atoms with Crippen molar-refractivity contribution in [3.8, 4) is 0 Å². The van der Waals surface area contributed by atoms with Gasteiger partial charge in [0.25, 0.3) is 0 Å². The first-order valence-electron chi connectivity index (χ1n) is 10.7. The molecular weight excluding hydrogens is 499 g/mol. The van der Waals surface area contributed by atoms with Gasteiger partial charge in [-0.25, -0.2) is 19.2 Å². The minimum absolute atomic E-state index is 0.0117. The second-order valence-electron chi connectivity index (χ2n) is 9.35. The maximum absolute atomic E-state index is 15.4. The van der Waals surface area contributed by atoms with E-state index < -0.39 is 5.60 Å². The van der Waals surface area contributed by atoms with Gasteiger partial charge in [0, 0.05) is 23.2 Å². The summed E-state index contributed by atoms with van der Waals surface area (Å²) in [7, 11) is 0. The van der Waals surface area contributed by atoms with Gasteiger partial charge >= 0.3 is 6.09 Å². The van der Waals surface area contributed by atoms with E-state index in [2.05, 4.69) is 25.8 Å². The number of ether oxygens (including phenoxy) is 2. The quantitative estimate of drug-likeness (QED) is 0.394. The lowest BCUT2D eigenvalue weighted by molar-refractivity contribution is 0.0313. The van der Waals surface area contributed by atoms with Crippen LogP contribution in [0.1, 0.15) is 51.3 Å². The number of rotatable bonds is 2. The average molecular weight is 521 g/mol. The maximum atomic E-state index is 15.4.